The summed E-state index contributed by atoms with van der Waals surface area (Å²) >= 11 is 0. The highest BCUT2D eigenvalue weighted by atomic mass is 16.5. The molecule has 1 fully saturated rings. The van der Waals surface area contributed by atoms with Crippen molar-refractivity contribution in [3.63, 3.8) is 0 Å². The first-order chi connectivity index (χ1) is 10.0. The molecular weight excluding hydrogens is 274 g/mol. The molecule has 0 radical (unpaired) electrons. The van der Waals surface area contributed by atoms with Gasteiger partial charge in [0.2, 0.25) is 5.91 Å². The summed E-state index contributed by atoms with van der Waals surface area (Å²) in [5, 5.41) is 2.96. The quantitative estimate of drug-likeness (QED) is 0.769. The molecule has 2 N–H and O–H groups in total. The summed E-state index contributed by atoms with van der Waals surface area (Å²) in [7, 11) is 3.04. The maximum absolute atomic E-state index is 12.1. The highest BCUT2D eigenvalue weighted by molar-refractivity contribution is 5.78. The average Bonchev–Trinajstić information content (AvgIpc) is 2.87. The van der Waals surface area contributed by atoms with E-state index < -0.39 is 11.2 Å². The molecule has 7 nitrogen and oxygen atoms in total. The molecule has 0 spiro atoms. The molecule has 1 aliphatic rings. The Balaban J connectivity index is 2.01. The molecule has 1 aliphatic carbocycles. The lowest BCUT2D eigenvalue weighted by atomic mass is 10.0. The molecule has 0 bridgehead atoms. The van der Waals surface area contributed by atoms with Crippen LogP contribution in [-0.4, -0.2) is 35.2 Å². The van der Waals surface area contributed by atoms with E-state index in [4.69, 9.17) is 4.74 Å². The van der Waals surface area contributed by atoms with Crippen molar-refractivity contribution in [1.29, 1.82) is 0 Å². The van der Waals surface area contributed by atoms with Crippen LogP contribution in [0.1, 0.15) is 24.8 Å². The van der Waals surface area contributed by atoms with E-state index in [9.17, 15) is 14.4 Å². The molecule has 1 aromatic rings. The average molecular weight is 295 g/mol. The van der Waals surface area contributed by atoms with Crippen LogP contribution in [0.5, 0.6) is 0 Å². The normalized spacial score (nSPS) is 21.4. The molecule has 116 valence electrons. The van der Waals surface area contributed by atoms with Crippen LogP contribution >= 0.6 is 0 Å². The monoisotopic (exact) mass is 295 g/mol. The first-order valence-electron chi connectivity index (χ1n) is 7.08. The van der Waals surface area contributed by atoms with E-state index in [0.717, 1.165) is 23.8 Å². The number of nitrogens with one attached hydrogen (secondary N) is 2. The van der Waals surface area contributed by atoms with E-state index in [-0.39, 0.29) is 23.9 Å². The predicted octanol–water partition coefficient (Wildman–Crippen LogP) is -0.453. The number of aromatic amines is 1. The Bertz CT molecular complexity index is 619. The molecular formula is C14H21N3O4. The Kier molecular flexibility index (Phi) is 4.95. The van der Waals surface area contributed by atoms with Crippen molar-refractivity contribution in [2.45, 2.75) is 31.7 Å². The van der Waals surface area contributed by atoms with Crippen molar-refractivity contribution in [2.75, 3.05) is 13.7 Å². The van der Waals surface area contributed by atoms with Crippen molar-refractivity contribution in [2.24, 2.45) is 13.0 Å². The number of nitrogens with zero attached hydrogens (tertiary/aromatic N) is 1. The zero-order valence-electron chi connectivity index (χ0n) is 12.3. The van der Waals surface area contributed by atoms with Crippen molar-refractivity contribution >= 4 is 5.91 Å². The first kappa shape index (κ1) is 15.5. The maximum Gasteiger partial charge on any atom is 0.328 e. The zero-order valence-corrected chi connectivity index (χ0v) is 12.3. The van der Waals surface area contributed by atoms with E-state index >= 15 is 0 Å². The second-order valence-corrected chi connectivity index (χ2v) is 5.48. The molecule has 0 unspecified atom stereocenters. The molecule has 7 heteroatoms. The minimum absolute atomic E-state index is 0.0281. The fourth-order valence-corrected chi connectivity index (χ4v) is 2.81. The Labute approximate surface area is 122 Å². The van der Waals surface area contributed by atoms with Crippen molar-refractivity contribution in [3.05, 3.63) is 32.6 Å². The molecule has 0 saturated heterocycles. The molecule has 1 amide bonds. The number of amides is 1. The van der Waals surface area contributed by atoms with E-state index in [1.165, 1.54) is 13.2 Å². The predicted molar refractivity (Wildman–Crippen MR) is 77.2 cm³/mol. The largest absolute Gasteiger partial charge is 0.384 e. The fourth-order valence-electron chi connectivity index (χ4n) is 2.81. The van der Waals surface area contributed by atoms with Crippen molar-refractivity contribution in [1.82, 2.24) is 14.9 Å². The van der Waals surface area contributed by atoms with Crippen LogP contribution in [0.4, 0.5) is 0 Å². The van der Waals surface area contributed by atoms with Crippen molar-refractivity contribution < 1.29 is 9.53 Å². The number of hydrogen-bond donors (Lipinski definition) is 2. The highest BCUT2D eigenvalue weighted by Gasteiger charge is 2.28. The van der Waals surface area contributed by atoms with Crippen molar-refractivity contribution in [3.8, 4) is 0 Å². The number of hydrogen-bond acceptors (Lipinski definition) is 4. The minimum atomic E-state index is -0.486. The summed E-state index contributed by atoms with van der Waals surface area (Å²) in [6.07, 6.45) is 4.33. The highest BCUT2D eigenvalue weighted by Crippen LogP contribution is 2.25. The van der Waals surface area contributed by atoms with Crippen LogP contribution in [0.25, 0.3) is 0 Å². The Morgan fingerprint density at radius 1 is 1.48 bits per heavy atom. The zero-order chi connectivity index (χ0) is 15.4. The van der Waals surface area contributed by atoms with Gasteiger partial charge in [-0.1, -0.05) is 6.42 Å². The number of aromatic nitrogens is 2. The number of carbonyl (C=O) groups excluding carboxylic acids is 1. The van der Waals surface area contributed by atoms with E-state index in [1.807, 2.05) is 0 Å². The minimum Gasteiger partial charge on any atom is -0.384 e. The molecule has 0 aliphatic heterocycles. The van der Waals surface area contributed by atoms with Gasteiger partial charge in [-0.15, -0.1) is 0 Å². The number of rotatable bonds is 5. The molecule has 1 saturated carbocycles. The Morgan fingerprint density at radius 3 is 2.95 bits per heavy atom. The van der Waals surface area contributed by atoms with Gasteiger partial charge in [-0.2, -0.15) is 0 Å². The fraction of sp³-hybridized carbons (Fsp3) is 0.643. The van der Waals surface area contributed by atoms with Gasteiger partial charge in [0.05, 0.1) is 13.0 Å². The number of H-pyrrole nitrogens is 1. The van der Waals surface area contributed by atoms with Crippen LogP contribution < -0.4 is 16.6 Å². The lowest BCUT2D eigenvalue weighted by Crippen LogP contribution is -2.41. The van der Waals surface area contributed by atoms with Gasteiger partial charge in [0.15, 0.2) is 0 Å². The van der Waals surface area contributed by atoms with Crippen LogP contribution in [0.2, 0.25) is 0 Å². The summed E-state index contributed by atoms with van der Waals surface area (Å²) in [5.41, 5.74) is -0.634. The van der Waals surface area contributed by atoms with E-state index in [0.29, 0.717) is 12.5 Å². The maximum atomic E-state index is 12.1. The summed E-state index contributed by atoms with van der Waals surface area (Å²) in [4.78, 5) is 37.7. The van der Waals surface area contributed by atoms with Gasteiger partial charge >= 0.3 is 5.69 Å². The van der Waals surface area contributed by atoms with Gasteiger partial charge < -0.3 is 15.0 Å². The summed E-state index contributed by atoms with van der Waals surface area (Å²) in [6, 6.07) is 0.101. The van der Waals surface area contributed by atoms with Gasteiger partial charge in [-0.05, 0) is 12.8 Å². The van der Waals surface area contributed by atoms with Gasteiger partial charge in [-0.3, -0.25) is 14.2 Å². The second kappa shape index (κ2) is 6.71. The van der Waals surface area contributed by atoms with Gasteiger partial charge in [-0.25, -0.2) is 4.79 Å². The van der Waals surface area contributed by atoms with Crippen LogP contribution in [-0.2, 0) is 23.0 Å². The second-order valence-electron chi connectivity index (χ2n) is 5.48. The number of methoxy groups -OCH3 is 1. The Morgan fingerprint density at radius 2 is 2.24 bits per heavy atom. The standard InChI is InChI=1S/C14H21N3O4/c1-17-13(19)10(7-15-14(17)20)6-12(18)16-11-5-3-4-9(11)8-21-2/h7,9,11H,3-6,8H2,1-2H3,(H,15,20)(H,16,18)/t9-,11-/m0/s1. The number of ether oxygens (including phenoxy) is 1. The van der Waals surface area contributed by atoms with Gasteiger partial charge in [0, 0.05) is 37.9 Å². The summed E-state index contributed by atoms with van der Waals surface area (Å²) in [5.74, 6) is 0.129. The topological polar surface area (TPSA) is 93.2 Å². The van der Waals surface area contributed by atoms with Crippen LogP contribution in [0, 0.1) is 5.92 Å². The molecule has 2 rings (SSSR count). The molecule has 2 atom stereocenters. The van der Waals surface area contributed by atoms with E-state index in [1.54, 1.807) is 7.11 Å². The molecule has 1 heterocycles. The van der Waals surface area contributed by atoms with Crippen LogP contribution in [0.15, 0.2) is 15.8 Å². The lowest BCUT2D eigenvalue weighted by molar-refractivity contribution is -0.121. The van der Waals surface area contributed by atoms with Crippen LogP contribution in [0.3, 0.4) is 0 Å². The lowest BCUT2D eigenvalue weighted by Gasteiger charge is -2.20. The molecule has 1 aromatic heterocycles. The molecule has 0 aromatic carbocycles. The SMILES string of the molecule is COC[C@@H]1CCC[C@@H]1NC(=O)Cc1c[nH]c(=O)n(C)c1=O. The smallest absolute Gasteiger partial charge is 0.328 e. The number of carbonyl (C=O) groups is 1. The third-order valence-corrected chi connectivity index (χ3v) is 3.99. The summed E-state index contributed by atoms with van der Waals surface area (Å²) in [6.45, 7) is 0.630. The van der Waals surface area contributed by atoms with Gasteiger partial charge in [0.1, 0.15) is 0 Å². The Hall–Kier alpha value is -1.89. The summed E-state index contributed by atoms with van der Waals surface area (Å²) < 4.78 is 6.12. The third-order valence-electron chi connectivity index (χ3n) is 3.99. The molecule has 21 heavy (non-hydrogen) atoms. The van der Waals surface area contributed by atoms with E-state index in [2.05, 4.69) is 10.3 Å². The third kappa shape index (κ3) is 3.60. The first-order valence-corrected chi connectivity index (χ1v) is 7.08. The van der Waals surface area contributed by atoms with Gasteiger partial charge in [0.25, 0.3) is 5.56 Å².